The lowest BCUT2D eigenvalue weighted by atomic mass is 10.1. The molecule has 1 unspecified atom stereocenters. The maximum Gasteiger partial charge on any atom is 0.328 e. The lowest BCUT2D eigenvalue weighted by molar-refractivity contribution is 0.469. The Hall–Kier alpha value is -1.03. The second kappa shape index (κ2) is 4.09. The average Bonchev–Trinajstić information content (AvgIpc) is 2.87. The summed E-state index contributed by atoms with van der Waals surface area (Å²) in [7, 11) is 0. The predicted octanol–water partition coefficient (Wildman–Crippen LogP) is 0.984. The van der Waals surface area contributed by atoms with Gasteiger partial charge < -0.3 is 5.32 Å². The van der Waals surface area contributed by atoms with Crippen molar-refractivity contribution in [2.75, 3.05) is 13.1 Å². The van der Waals surface area contributed by atoms with E-state index in [1.807, 2.05) is 21.5 Å². The third kappa shape index (κ3) is 1.94. The van der Waals surface area contributed by atoms with E-state index >= 15 is 0 Å². The van der Waals surface area contributed by atoms with Crippen molar-refractivity contribution in [1.82, 2.24) is 14.5 Å². The highest BCUT2D eigenvalue weighted by Crippen LogP contribution is 2.33. The van der Waals surface area contributed by atoms with E-state index < -0.39 is 0 Å². The summed E-state index contributed by atoms with van der Waals surface area (Å²) < 4.78 is 3.77. The van der Waals surface area contributed by atoms with Gasteiger partial charge in [0, 0.05) is 25.0 Å². The van der Waals surface area contributed by atoms with Crippen molar-refractivity contribution in [3.8, 4) is 0 Å². The van der Waals surface area contributed by atoms with Gasteiger partial charge in [0.1, 0.15) is 0 Å². The van der Waals surface area contributed by atoms with E-state index in [2.05, 4.69) is 5.32 Å². The van der Waals surface area contributed by atoms with Crippen LogP contribution in [0.5, 0.6) is 0 Å². The van der Waals surface area contributed by atoms with Crippen LogP contribution in [0.25, 0.3) is 0 Å². The molecule has 0 radical (unpaired) electrons. The molecular weight excluding hydrogens is 202 g/mol. The first kappa shape index (κ1) is 10.1. The van der Waals surface area contributed by atoms with Crippen LogP contribution in [0.1, 0.15) is 31.7 Å². The van der Waals surface area contributed by atoms with E-state index in [-0.39, 0.29) is 5.69 Å². The molecule has 1 atom stereocenters. The molecule has 3 rings (SSSR count). The van der Waals surface area contributed by atoms with Crippen molar-refractivity contribution in [2.24, 2.45) is 5.92 Å². The van der Waals surface area contributed by atoms with Crippen LogP contribution in [0.4, 0.5) is 0 Å². The summed E-state index contributed by atoms with van der Waals surface area (Å²) in [6.45, 7) is 3.14. The summed E-state index contributed by atoms with van der Waals surface area (Å²) in [6.07, 6.45) is 8.64. The largest absolute Gasteiger partial charge is 0.328 e. The predicted molar refractivity (Wildman–Crippen MR) is 62.6 cm³/mol. The molecular formula is C12H19N3O. The fourth-order valence-electron chi connectivity index (χ4n) is 2.51. The summed E-state index contributed by atoms with van der Waals surface area (Å²) in [5.74, 6) is 0.760. The number of aryl methyl sites for hydroxylation is 1. The van der Waals surface area contributed by atoms with Gasteiger partial charge in [-0.3, -0.25) is 9.13 Å². The van der Waals surface area contributed by atoms with Crippen LogP contribution in [0.3, 0.4) is 0 Å². The van der Waals surface area contributed by atoms with Gasteiger partial charge in [0.05, 0.1) is 0 Å². The molecule has 0 spiro atoms. The second-order valence-electron chi connectivity index (χ2n) is 5.06. The molecule has 88 valence electrons. The van der Waals surface area contributed by atoms with Crippen molar-refractivity contribution in [1.29, 1.82) is 0 Å². The minimum Gasteiger partial charge on any atom is -0.316 e. The summed E-state index contributed by atoms with van der Waals surface area (Å²) in [4.78, 5) is 12.0. The molecule has 1 N–H and O–H groups in total. The van der Waals surface area contributed by atoms with Crippen LogP contribution in [-0.4, -0.2) is 22.2 Å². The quantitative estimate of drug-likeness (QED) is 0.823. The molecule has 2 aliphatic rings. The molecule has 4 heteroatoms. The van der Waals surface area contributed by atoms with Gasteiger partial charge >= 0.3 is 5.69 Å². The zero-order valence-corrected chi connectivity index (χ0v) is 9.56. The van der Waals surface area contributed by atoms with Crippen molar-refractivity contribution in [3.05, 3.63) is 22.9 Å². The third-order valence-corrected chi connectivity index (χ3v) is 3.75. The molecule has 0 aromatic carbocycles. The summed E-state index contributed by atoms with van der Waals surface area (Å²) >= 11 is 0. The Bertz CT molecular complexity index is 410. The second-order valence-corrected chi connectivity index (χ2v) is 5.06. The Morgan fingerprint density at radius 1 is 1.31 bits per heavy atom. The Labute approximate surface area is 95.3 Å². The molecule has 1 saturated heterocycles. The number of nitrogens with zero attached hydrogens (tertiary/aromatic N) is 2. The van der Waals surface area contributed by atoms with Gasteiger partial charge in [-0.2, -0.15) is 0 Å². The monoisotopic (exact) mass is 221 g/mol. The van der Waals surface area contributed by atoms with Crippen molar-refractivity contribution >= 4 is 0 Å². The Morgan fingerprint density at radius 3 is 2.88 bits per heavy atom. The Morgan fingerprint density at radius 2 is 2.19 bits per heavy atom. The molecule has 16 heavy (non-hydrogen) atoms. The van der Waals surface area contributed by atoms with E-state index in [1.165, 1.54) is 19.3 Å². The Balaban J connectivity index is 1.63. The van der Waals surface area contributed by atoms with Gasteiger partial charge in [0.2, 0.25) is 0 Å². The SMILES string of the molecule is O=c1n(CCC2CCNC2)ccn1C1CC1. The van der Waals surface area contributed by atoms with E-state index in [1.54, 1.807) is 0 Å². The van der Waals surface area contributed by atoms with Crippen LogP contribution >= 0.6 is 0 Å². The Kier molecular flexibility index (Phi) is 2.59. The number of aromatic nitrogens is 2. The van der Waals surface area contributed by atoms with Crippen LogP contribution in [0.15, 0.2) is 17.2 Å². The zero-order chi connectivity index (χ0) is 11.0. The summed E-state index contributed by atoms with van der Waals surface area (Å²) in [5.41, 5.74) is 0.188. The first-order valence-corrected chi connectivity index (χ1v) is 6.32. The van der Waals surface area contributed by atoms with Gasteiger partial charge in [-0.05, 0) is 44.7 Å². The van der Waals surface area contributed by atoms with Gasteiger partial charge in [0.15, 0.2) is 0 Å². The van der Waals surface area contributed by atoms with Crippen molar-refractivity contribution in [2.45, 2.75) is 38.3 Å². The van der Waals surface area contributed by atoms with Crippen molar-refractivity contribution < 1.29 is 0 Å². The number of rotatable bonds is 4. The minimum absolute atomic E-state index is 0.188. The lowest BCUT2D eigenvalue weighted by Crippen LogP contribution is -2.24. The normalized spacial score (nSPS) is 25.1. The average molecular weight is 221 g/mol. The molecule has 1 aromatic heterocycles. The maximum atomic E-state index is 12.0. The highest BCUT2D eigenvalue weighted by molar-refractivity contribution is 4.91. The molecule has 0 amide bonds. The fraction of sp³-hybridized carbons (Fsp3) is 0.750. The standard InChI is InChI=1S/C12H19N3O/c16-12-14(6-4-10-3-5-13-9-10)7-8-15(12)11-1-2-11/h7-8,10-11,13H,1-6,9H2. The lowest BCUT2D eigenvalue weighted by Gasteiger charge is -2.07. The maximum absolute atomic E-state index is 12.0. The summed E-state index contributed by atoms with van der Waals surface area (Å²) in [5, 5.41) is 3.36. The van der Waals surface area contributed by atoms with Crippen LogP contribution in [0.2, 0.25) is 0 Å². The molecule has 4 nitrogen and oxygen atoms in total. The number of nitrogens with one attached hydrogen (secondary N) is 1. The highest BCUT2D eigenvalue weighted by atomic mass is 16.1. The van der Waals surface area contributed by atoms with E-state index in [4.69, 9.17) is 0 Å². The van der Waals surface area contributed by atoms with Gasteiger partial charge in [-0.1, -0.05) is 0 Å². The highest BCUT2D eigenvalue weighted by Gasteiger charge is 2.25. The first-order valence-electron chi connectivity index (χ1n) is 6.32. The third-order valence-electron chi connectivity index (χ3n) is 3.75. The molecule has 1 aliphatic heterocycles. The fourth-order valence-corrected chi connectivity index (χ4v) is 2.51. The molecule has 1 aliphatic carbocycles. The van der Waals surface area contributed by atoms with E-state index in [9.17, 15) is 4.79 Å². The number of hydrogen-bond acceptors (Lipinski definition) is 2. The molecule has 1 saturated carbocycles. The van der Waals surface area contributed by atoms with Crippen molar-refractivity contribution in [3.63, 3.8) is 0 Å². The number of imidazole rings is 1. The first-order chi connectivity index (χ1) is 7.84. The zero-order valence-electron chi connectivity index (χ0n) is 9.56. The number of hydrogen-bond donors (Lipinski definition) is 1. The van der Waals surface area contributed by atoms with E-state index in [0.29, 0.717) is 6.04 Å². The van der Waals surface area contributed by atoms with Gasteiger partial charge in [0.25, 0.3) is 0 Å². The van der Waals surface area contributed by atoms with Gasteiger partial charge in [-0.15, -0.1) is 0 Å². The van der Waals surface area contributed by atoms with Crippen LogP contribution in [0, 0.1) is 5.92 Å². The van der Waals surface area contributed by atoms with E-state index in [0.717, 1.165) is 32.0 Å². The molecule has 0 bridgehead atoms. The topological polar surface area (TPSA) is 39.0 Å². The van der Waals surface area contributed by atoms with Gasteiger partial charge in [-0.25, -0.2) is 4.79 Å². The van der Waals surface area contributed by atoms with Crippen LogP contribution in [-0.2, 0) is 6.54 Å². The van der Waals surface area contributed by atoms with Crippen LogP contribution < -0.4 is 11.0 Å². The molecule has 2 heterocycles. The molecule has 1 aromatic rings. The summed E-state index contributed by atoms with van der Waals surface area (Å²) in [6, 6.07) is 0.502. The minimum atomic E-state index is 0.188. The molecule has 2 fully saturated rings. The smallest absolute Gasteiger partial charge is 0.316 e.